The first-order valence-corrected chi connectivity index (χ1v) is 5.21. The summed E-state index contributed by atoms with van der Waals surface area (Å²) < 4.78 is 0. The molecule has 0 aromatic heterocycles. The zero-order chi connectivity index (χ0) is 9.94. The molecule has 0 radical (unpaired) electrons. The summed E-state index contributed by atoms with van der Waals surface area (Å²) in [5.41, 5.74) is 0. The van der Waals surface area contributed by atoms with E-state index in [-0.39, 0.29) is 6.10 Å². The third-order valence-corrected chi connectivity index (χ3v) is 1.90. The number of rotatable bonds is 7. The maximum atomic E-state index is 8.99. The molecule has 0 aliphatic carbocycles. The van der Waals surface area contributed by atoms with Crippen molar-refractivity contribution in [2.24, 2.45) is 0 Å². The SMILES string of the molecule is CC=CCCC=CCCCC(C)O. The minimum Gasteiger partial charge on any atom is -0.393 e. The Morgan fingerprint density at radius 1 is 1.08 bits per heavy atom. The van der Waals surface area contributed by atoms with E-state index >= 15 is 0 Å². The van der Waals surface area contributed by atoms with Crippen LogP contribution in [-0.4, -0.2) is 11.2 Å². The summed E-state index contributed by atoms with van der Waals surface area (Å²) in [5, 5.41) is 8.99. The molecule has 1 heteroatoms. The Morgan fingerprint density at radius 3 is 2.31 bits per heavy atom. The molecule has 76 valence electrons. The zero-order valence-electron chi connectivity index (χ0n) is 8.87. The van der Waals surface area contributed by atoms with E-state index in [1.165, 1.54) is 0 Å². The van der Waals surface area contributed by atoms with E-state index in [1.54, 1.807) is 0 Å². The second kappa shape index (κ2) is 9.53. The standard InChI is InChI=1S/C12H22O/c1-3-4-5-6-7-8-9-10-11-12(2)13/h3-4,7-8,12-13H,5-6,9-11H2,1-2H3. The van der Waals surface area contributed by atoms with Gasteiger partial charge in [0, 0.05) is 0 Å². The molecule has 0 aliphatic rings. The highest BCUT2D eigenvalue weighted by Gasteiger charge is 1.91. The maximum absolute atomic E-state index is 8.99. The highest BCUT2D eigenvalue weighted by molar-refractivity contribution is 4.86. The molecule has 0 fully saturated rings. The van der Waals surface area contributed by atoms with Gasteiger partial charge >= 0.3 is 0 Å². The fraction of sp³-hybridized carbons (Fsp3) is 0.667. The van der Waals surface area contributed by atoms with Crippen LogP contribution in [0.3, 0.4) is 0 Å². The molecule has 0 saturated heterocycles. The van der Waals surface area contributed by atoms with E-state index in [2.05, 4.69) is 24.3 Å². The minimum atomic E-state index is -0.142. The summed E-state index contributed by atoms with van der Waals surface area (Å²) in [7, 11) is 0. The molecular formula is C12H22O. The van der Waals surface area contributed by atoms with Gasteiger partial charge < -0.3 is 5.11 Å². The van der Waals surface area contributed by atoms with Crippen molar-refractivity contribution in [1.82, 2.24) is 0 Å². The molecule has 1 nitrogen and oxygen atoms in total. The van der Waals surface area contributed by atoms with Crippen LogP contribution in [0.2, 0.25) is 0 Å². The molecule has 0 heterocycles. The summed E-state index contributed by atoms with van der Waals surface area (Å²) in [4.78, 5) is 0. The largest absolute Gasteiger partial charge is 0.393 e. The number of hydrogen-bond donors (Lipinski definition) is 1. The normalized spacial score (nSPS) is 14.4. The van der Waals surface area contributed by atoms with Gasteiger partial charge in [0.25, 0.3) is 0 Å². The first-order chi connectivity index (χ1) is 6.27. The van der Waals surface area contributed by atoms with Crippen molar-refractivity contribution in [3.8, 4) is 0 Å². The summed E-state index contributed by atoms with van der Waals surface area (Å²) in [5.74, 6) is 0. The third kappa shape index (κ3) is 11.4. The molecule has 1 atom stereocenters. The molecule has 0 aromatic rings. The second-order valence-electron chi connectivity index (χ2n) is 3.40. The predicted octanol–water partition coefficient (Wildman–Crippen LogP) is 3.45. The van der Waals surface area contributed by atoms with Crippen LogP contribution in [0, 0.1) is 0 Å². The third-order valence-electron chi connectivity index (χ3n) is 1.90. The summed E-state index contributed by atoms with van der Waals surface area (Å²) in [6, 6.07) is 0. The molecule has 0 amide bonds. The Balaban J connectivity index is 3.12. The van der Waals surface area contributed by atoms with Gasteiger partial charge in [0.15, 0.2) is 0 Å². The van der Waals surface area contributed by atoms with Gasteiger partial charge in [-0.15, -0.1) is 0 Å². The lowest BCUT2D eigenvalue weighted by Crippen LogP contribution is -1.97. The van der Waals surface area contributed by atoms with Crippen LogP contribution in [0.5, 0.6) is 0 Å². The van der Waals surface area contributed by atoms with Crippen molar-refractivity contribution in [3.63, 3.8) is 0 Å². The number of unbranched alkanes of at least 4 members (excludes halogenated alkanes) is 2. The van der Waals surface area contributed by atoms with E-state index in [9.17, 15) is 0 Å². The van der Waals surface area contributed by atoms with Gasteiger partial charge in [-0.2, -0.15) is 0 Å². The number of aliphatic hydroxyl groups excluding tert-OH is 1. The Morgan fingerprint density at radius 2 is 1.69 bits per heavy atom. The Kier molecular flexibility index (Phi) is 9.12. The average molecular weight is 182 g/mol. The fourth-order valence-electron chi connectivity index (χ4n) is 1.13. The van der Waals surface area contributed by atoms with Gasteiger partial charge in [0.05, 0.1) is 6.10 Å². The Hall–Kier alpha value is -0.560. The van der Waals surface area contributed by atoms with Crippen molar-refractivity contribution in [3.05, 3.63) is 24.3 Å². The molecule has 0 rings (SSSR count). The highest BCUT2D eigenvalue weighted by Crippen LogP contribution is 2.02. The lowest BCUT2D eigenvalue weighted by Gasteiger charge is -1.99. The summed E-state index contributed by atoms with van der Waals surface area (Å²) in [6.07, 6.45) is 14.0. The molecule has 0 bridgehead atoms. The van der Waals surface area contributed by atoms with Crippen molar-refractivity contribution < 1.29 is 5.11 Å². The molecule has 1 unspecified atom stereocenters. The number of allylic oxidation sites excluding steroid dienone is 4. The molecule has 0 aromatic carbocycles. The van der Waals surface area contributed by atoms with Crippen LogP contribution >= 0.6 is 0 Å². The smallest absolute Gasteiger partial charge is 0.0512 e. The van der Waals surface area contributed by atoms with Crippen molar-refractivity contribution in [2.45, 2.75) is 52.1 Å². The van der Waals surface area contributed by atoms with E-state index in [4.69, 9.17) is 5.11 Å². The van der Waals surface area contributed by atoms with E-state index in [0.717, 1.165) is 32.1 Å². The first kappa shape index (κ1) is 12.4. The number of aliphatic hydroxyl groups is 1. The van der Waals surface area contributed by atoms with Gasteiger partial charge in [-0.05, 0) is 46.0 Å². The van der Waals surface area contributed by atoms with Gasteiger partial charge in [0.2, 0.25) is 0 Å². The van der Waals surface area contributed by atoms with Gasteiger partial charge in [-0.3, -0.25) is 0 Å². The topological polar surface area (TPSA) is 20.2 Å². The van der Waals surface area contributed by atoms with Crippen molar-refractivity contribution in [2.75, 3.05) is 0 Å². The molecule has 0 spiro atoms. The monoisotopic (exact) mass is 182 g/mol. The van der Waals surface area contributed by atoms with Gasteiger partial charge in [0.1, 0.15) is 0 Å². The van der Waals surface area contributed by atoms with E-state index in [1.807, 2.05) is 13.8 Å². The van der Waals surface area contributed by atoms with Crippen molar-refractivity contribution in [1.29, 1.82) is 0 Å². The molecule has 1 N–H and O–H groups in total. The van der Waals surface area contributed by atoms with E-state index < -0.39 is 0 Å². The Bertz CT molecular complexity index is 145. The van der Waals surface area contributed by atoms with Gasteiger partial charge in [-0.25, -0.2) is 0 Å². The lowest BCUT2D eigenvalue weighted by molar-refractivity contribution is 0.182. The minimum absolute atomic E-state index is 0.142. The first-order valence-electron chi connectivity index (χ1n) is 5.21. The maximum Gasteiger partial charge on any atom is 0.0512 e. The van der Waals surface area contributed by atoms with Crippen LogP contribution < -0.4 is 0 Å². The summed E-state index contributed by atoms with van der Waals surface area (Å²) >= 11 is 0. The molecule has 0 aliphatic heterocycles. The van der Waals surface area contributed by atoms with Crippen molar-refractivity contribution >= 4 is 0 Å². The van der Waals surface area contributed by atoms with Crippen LogP contribution in [0.1, 0.15) is 46.0 Å². The molecular weight excluding hydrogens is 160 g/mol. The summed E-state index contributed by atoms with van der Waals surface area (Å²) in [6.45, 7) is 3.89. The second-order valence-corrected chi connectivity index (χ2v) is 3.40. The fourth-order valence-corrected chi connectivity index (χ4v) is 1.13. The van der Waals surface area contributed by atoms with Crippen LogP contribution in [0.4, 0.5) is 0 Å². The van der Waals surface area contributed by atoms with Crippen LogP contribution in [-0.2, 0) is 0 Å². The quantitative estimate of drug-likeness (QED) is 0.472. The average Bonchev–Trinajstić information content (AvgIpc) is 2.09. The zero-order valence-corrected chi connectivity index (χ0v) is 8.87. The van der Waals surface area contributed by atoms with Crippen LogP contribution in [0.15, 0.2) is 24.3 Å². The van der Waals surface area contributed by atoms with Gasteiger partial charge in [-0.1, -0.05) is 24.3 Å². The highest BCUT2D eigenvalue weighted by atomic mass is 16.3. The van der Waals surface area contributed by atoms with Crippen LogP contribution in [0.25, 0.3) is 0 Å². The van der Waals surface area contributed by atoms with E-state index in [0.29, 0.717) is 0 Å². The lowest BCUT2D eigenvalue weighted by atomic mass is 10.1. The molecule has 0 saturated carbocycles. The Labute approximate surface area is 82.2 Å². The molecule has 13 heavy (non-hydrogen) atoms. The predicted molar refractivity (Wildman–Crippen MR) is 58.7 cm³/mol. The number of hydrogen-bond acceptors (Lipinski definition) is 1.